The molecule has 1 aromatic carbocycles. The highest BCUT2D eigenvalue weighted by Crippen LogP contribution is 2.39. The molecule has 0 saturated carbocycles. The van der Waals surface area contributed by atoms with Gasteiger partial charge in [-0.05, 0) is 43.9 Å². The Morgan fingerprint density at radius 3 is 2.68 bits per heavy atom. The molecule has 0 spiro atoms. The van der Waals surface area contributed by atoms with Crippen LogP contribution in [0.1, 0.15) is 44.5 Å². The largest absolute Gasteiger partial charge is 0.483 e. The van der Waals surface area contributed by atoms with Crippen LogP contribution in [-0.4, -0.2) is 38.2 Å². The zero-order chi connectivity index (χ0) is 20.1. The zero-order valence-electron chi connectivity index (χ0n) is 15.7. The Morgan fingerprint density at radius 2 is 1.93 bits per heavy atom. The number of thiophene rings is 1. The molecule has 1 N–H and O–H groups in total. The van der Waals surface area contributed by atoms with Crippen LogP contribution in [0.15, 0.2) is 24.3 Å². The van der Waals surface area contributed by atoms with E-state index in [4.69, 9.17) is 14.2 Å². The van der Waals surface area contributed by atoms with Gasteiger partial charge in [-0.3, -0.25) is 4.79 Å². The summed E-state index contributed by atoms with van der Waals surface area (Å²) in [4.78, 5) is 37.6. The lowest BCUT2D eigenvalue weighted by molar-refractivity contribution is -0.118. The topological polar surface area (TPSA) is 90.9 Å². The third kappa shape index (κ3) is 4.17. The predicted octanol–water partition coefficient (Wildman–Crippen LogP) is 3.22. The molecule has 148 valence electrons. The van der Waals surface area contributed by atoms with Gasteiger partial charge in [-0.25, -0.2) is 9.59 Å². The van der Waals surface area contributed by atoms with Crippen molar-refractivity contribution in [2.45, 2.75) is 26.2 Å². The minimum atomic E-state index is -0.546. The summed E-state index contributed by atoms with van der Waals surface area (Å²) in [7, 11) is 1.28. The first-order valence-corrected chi connectivity index (χ1v) is 9.78. The number of hydrogen-bond acceptors (Lipinski definition) is 7. The Hall–Kier alpha value is -2.87. The molecule has 0 aliphatic heterocycles. The highest BCUT2D eigenvalue weighted by molar-refractivity contribution is 7.17. The fourth-order valence-electron chi connectivity index (χ4n) is 3.09. The van der Waals surface area contributed by atoms with Crippen LogP contribution in [0, 0.1) is 0 Å². The molecule has 3 rings (SSSR count). The first-order valence-electron chi connectivity index (χ1n) is 8.96. The van der Waals surface area contributed by atoms with Gasteiger partial charge in [0.25, 0.3) is 5.91 Å². The van der Waals surface area contributed by atoms with E-state index in [-0.39, 0.29) is 24.5 Å². The lowest BCUT2D eigenvalue weighted by Crippen LogP contribution is -2.22. The number of ether oxygens (including phenoxy) is 3. The molecule has 7 nitrogen and oxygen atoms in total. The van der Waals surface area contributed by atoms with Crippen LogP contribution < -0.4 is 10.1 Å². The van der Waals surface area contributed by atoms with E-state index in [0.29, 0.717) is 10.6 Å². The van der Waals surface area contributed by atoms with Crippen molar-refractivity contribution in [3.63, 3.8) is 0 Å². The number of anilines is 1. The number of fused-ring (bicyclic) bond motifs is 1. The van der Waals surface area contributed by atoms with E-state index in [9.17, 15) is 14.4 Å². The molecular formula is C20H21NO6S. The lowest BCUT2D eigenvalue weighted by atomic mass is 10.1. The van der Waals surface area contributed by atoms with Gasteiger partial charge < -0.3 is 19.5 Å². The molecule has 1 heterocycles. The van der Waals surface area contributed by atoms with Gasteiger partial charge in [0.1, 0.15) is 16.3 Å². The van der Waals surface area contributed by atoms with Gasteiger partial charge in [-0.15, -0.1) is 11.3 Å². The summed E-state index contributed by atoms with van der Waals surface area (Å²) >= 11 is 1.40. The number of benzene rings is 1. The molecule has 0 bridgehead atoms. The zero-order valence-corrected chi connectivity index (χ0v) is 16.5. The van der Waals surface area contributed by atoms with Crippen LogP contribution in [0.5, 0.6) is 5.75 Å². The molecule has 28 heavy (non-hydrogen) atoms. The molecule has 0 unspecified atom stereocenters. The highest BCUT2D eigenvalue weighted by Gasteiger charge is 2.28. The van der Waals surface area contributed by atoms with Gasteiger partial charge in [-0.1, -0.05) is 12.1 Å². The summed E-state index contributed by atoms with van der Waals surface area (Å²) in [6.07, 6.45) is 2.69. The molecule has 0 radical (unpaired) electrons. The molecule has 0 fully saturated rings. The fourth-order valence-corrected chi connectivity index (χ4v) is 4.38. The smallest absolute Gasteiger partial charge is 0.341 e. The van der Waals surface area contributed by atoms with Gasteiger partial charge in [0.2, 0.25) is 0 Å². The van der Waals surface area contributed by atoms with Crippen molar-refractivity contribution in [1.29, 1.82) is 0 Å². The molecule has 8 heteroatoms. The number of carbonyl (C=O) groups excluding carboxylic acids is 3. The number of amides is 1. The van der Waals surface area contributed by atoms with Gasteiger partial charge in [0.05, 0.1) is 19.3 Å². The molecule has 0 atom stereocenters. The third-order valence-electron chi connectivity index (χ3n) is 4.30. The standard InChI is InChI=1S/C20H21NO6S/c1-3-26-20(24)17-13-8-6-10-15(13)28-18(17)21-16(22)11-27-14-9-5-4-7-12(14)19(23)25-2/h4-5,7,9H,3,6,8,10-11H2,1-2H3,(H,21,22). The number of carbonyl (C=O) groups is 3. The number of para-hydroxylation sites is 1. The molecule has 1 aromatic heterocycles. The van der Waals surface area contributed by atoms with Crippen LogP contribution in [0.2, 0.25) is 0 Å². The summed E-state index contributed by atoms with van der Waals surface area (Å²) < 4.78 is 15.4. The SMILES string of the molecule is CCOC(=O)c1c(NC(=O)COc2ccccc2C(=O)OC)sc2c1CCC2. The van der Waals surface area contributed by atoms with Gasteiger partial charge >= 0.3 is 11.9 Å². The van der Waals surface area contributed by atoms with E-state index in [0.717, 1.165) is 29.7 Å². The summed E-state index contributed by atoms with van der Waals surface area (Å²) in [5.41, 5.74) is 1.65. The van der Waals surface area contributed by atoms with Crippen molar-refractivity contribution in [3.05, 3.63) is 45.8 Å². The Morgan fingerprint density at radius 1 is 1.14 bits per heavy atom. The Balaban J connectivity index is 1.71. The van der Waals surface area contributed by atoms with Crippen LogP contribution in [0.25, 0.3) is 0 Å². The average Bonchev–Trinajstić information content (AvgIpc) is 3.26. The summed E-state index contributed by atoms with van der Waals surface area (Å²) in [6, 6.07) is 6.52. The minimum absolute atomic E-state index is 0.236. The third-order valence-corrected chi connectivity index (χ3v) is 5.51. The molecule has 2 aromatic rings. The summed E-state index contributed by atoms with van der Waals surface area (Å²) in [5, 5.41) is 3.23. The summed E-state index contributed by atoms with van der Waals surface area (Å²) in [5.74, 6) is -1.14. The molecule has 1 amide bonds. The van der Waals surface area contributed by atoms with Crippen LogP contribution in [-0.2, 0) is 27.1 Å². The number of nitrogens with one attached hydrogen (secondary N) is 1. The second-order valence-electron chi connectivity index (χ2n) is 6.11. The second-order valence-corrected chi connectivity index (χ2v) is 7.21. The van der Waals surface area contributed by atoms with E-state index < -0.39 is 17.8 Å². The predicted molar refractivity (Wildman–Crippen MR) is 104 cm³/mol. The maximum atomic E-state index is 12.4. The average molecular weight is 403 g/mol. The maximum absolute atomic E-state index is 12.4. The minimum Gasteiger partial charge on any atom is -0.483 e. The molecular weight excluding hydrogens is 382 g/mol. The number of rotatable bonds is 7. The molecule has 1 aliphatic rings. The number of esters is 2. The van der Waals surface area contributed by atoms with Crippen molar-refractivity contribution in [3.8, 4) is 5.75 Å². The number of hydrogen-bond donors (Lipinski definition) is 1. The Labute approximate surface area is 166 Å². The second kappa shape index (κ2) is 8.88. The first-order chi connectivity index (χ1) is 13.5. The lowest BCUT2D eigenvalue weighted by Gasteiger charge is -2.11. The monoisotopic (exact) mass is 403 g/mol. The van der Waals surface area contributed by atoms with Gasteiger partial charge in [0, 0.05) is 4.88 Å². The molecule has 1 aliphatic carbocycles. The van der Waals surface area contributed by atoms with Crippen molar-refractivity contribution in [2.24, 2.45) is 0 Å². The van der Waals surface area contributed by atoms with Crippen molar-refractivity contribution in [1.82, 2.24) is 0 Å². The molecule has 0 saturated heterocycles. The van der Waals surface area contributed by atoms with Crippen LogP contribution >= 0.6 is 11.3 Å². The quantitative estimate of drug-likeness (QED) is 0.714. The van der Waals surface area contributed by atoms with Crippen molar-refractivity contribution in [2.75, 3.05) is 25.6 Å². The van der Waals surface area contributed by atoms with Gasteiger partial charge in [-0.2, -0.15) is 0 Å². The Bertz CT molecular complexity index is 904. The van der Waals surface area contributed by atoms with Crippen molar-refractivity contribution >= 4 is 34.2 Å². The first kappa shape index (κ1) is 19.9. The van der Waals surface area contributed by atoms with E-state index in [2.05, 4.69) is 5.32 Å². The van der Waals surface area contributed by atoms with E-state index in [1.807, 2.05) is 0 Å². The van der Waals surface area contributed by atoms with E-state index in [1.54, 1.807) is 31.2 Å². The van der Waals surface area contributed by atoms with E-state index >= 15 is 0 Å². The van der Waals surface area contributed by atoms with Crippen LogP contribution in [0.3, 0.4) is 0 Å². The normalized spacial score (nSPS) is 12.2. The maximum Gasteiger partial charge on any atom is 0.341 e. The summed E-state index contributed by atoms with van der Waals surface area (Å²) in [6.45, 7) is 1.71. The van der Waals surface area contributed by atoms with Gasteiger partial charge in [0.15, 0.2) is 6.61 Å². The Kier molecular flexibility index (Phi) is 6.30. The van der Waals surface area contributed by atoms with Crippen molar-refractivity contribution < 1.29 is 28.6 Å². The van der Waals surface area contributed by atoms with E-state index in [1.165, 1.54) is 18.4 Å². The number of methoxy groups -OCH3 is 1. The highest BCUT2D eigenvalue weighted by atomic mass is 32.1. The fraction of sp³-hybridized carbons (Fsp3) is 0.350. The van der Waals surface area contributed by atoms with Crippen LogP contribution in [0.4, 0.5) is 5.00 Å². The number of aryl methyl sites for hydroxylation is 1.